The minimum absolute atomic E-state index is 0.139. The minimum Gasteiger partial charge on any atom is -0.480 e. The highest BCUT2D eigenvalue weighted by Crippen LogP contribution is 2.23. The van der Waals surface area contributed by atoms with Crippen LogP contribution in [0.1, 0.15) is 27.7 Å². The summed E-state index contributed by atoms with van der Waals surface area (Å²) in [6.07, 6.45) is 0. The van der Waals surface area contributed by atoms with Gasteiger partial charge in [-0.2, -0.15) is 0 Å². The first kappa shape index (κ1) is 16.1. The van der Waals surface area contributed by atoms with Crippen molar-refractivity contribution in [2.75, 3.05) is 24.7 Å². The number of nitrogens with zero attached hydrogens (tertiary/aromatic N) is 2. The van der Waals surface area contributed by atoms with Gasteiger partial charge in [0.2, 0.25) is 0 Å². The van der Waals surface area contributed by atoms with Gasteiger partial charge in [-0.05, 0) is 11.8 Å². The Morgan fingerprint density at radius 1 is 1.26 bits per heavy atom. The van der Waals surface area contributed by atoms with Gasteiger partial charge < -0.3 is 14.9 Å². The van der Waals surface area contributed by atoms with Crippen molar-refractivity contribution in [2.24, 2.45) is 11.8 Å². The maximum Gasteiger partial charge on any atom is 0.327 e. The molecule has 0 aromatic heterocycles. The first-order valence-corrected chi connectivity index (χ1v) is 7.84. The maximum absolute atomic E-state index is 12.5. The average molecular weight is 288 g/mol. The number of urea groups is 1. The van der Waals surface area contributed by atoms with Gasteiger partial charge in [0.05, 0.1) is 5.88 Å². The molecule has 0 unspecified atom stereocenters. The highest BCUT2D eigenvalue weighted by molar-refractivity contribution is 7.99. The molecule has 1 atom stereocenters. The summed E-state index contributed by atoms with van der Waals surface area (Å²) >= 11 is 1.50. The van der Waals surface area contributed by atoms with Crippen LogP contribution in [0, 0.1) is 11.8 Å². The van der Waals surface area contributed by atoms with Crippen LogP contribution >= 0.6 is 11.8 Å². The van der Waals surface area contributed by atoms with Crippen LogP contribution in [-0.2, 0) is 4.79 Å². The predicted octanol–water partition coefficient (Wildman–Crippen LogP) is 2.18. The lowest BCUT2D eigenvalue weighted by Crippen LogP contribution is -2.50. The topological polar surface area (TPSA) is 60.9 Å². The molecular formula is C13H24N2O3S. The largest absolute Gasteiger partial charge is 0.480 e. The molecule has 1 aliphatic heterocycles. The van der Waals surface area contributed by atoms with Gasteiger partial charge in [-0.25, -0.2) is 9.59 Å². The van der Waals surface area contributed by atoms with Crippen molar-refractivity contribution in [3.05, 3.63) is 0 Å². The summed E-state index contributed by atoms with van der Waals surface area (Å²) in [5.74, 6) is 0.802. The summed E-state index contributed by atoms with van der Waals surface area (Å²) in [5, 5.41) is 9.15. The van der Waals surface area contributed by atoms with E-state index in [2.05, 4.69) is 27.7 Å². The number of thioether (sulfide) groups is 1. The fourth-order valence-electron chi connectivity index (χ4n) is 2.13. The van der Waals surface area contributed by atoms with Gasteiger partial charge >= 0.3 is 12.0 Å². The van der Waals surface area contributed by atoms with Crippen LogP contribution in [0.15, 0.2) is 0 Å². The highest BCUT2D eigenvalue weighted by atomic mass is 32.2. The second-order valence-corrected chi connectivity index (χ2v) is 6.80. The fraction of sp³-hybridized carbons (Fsp3) is 0.846. The zero-order chi connectivity index (χ0) is 14.6. The third-order valence-corrected chi connectivity index (χ3v) is 3.87. The van der Waals surface area contributed by atoms with Gasteiger partial charge in [-0.1, -0.05) is 27.7 Å². The number of carboxylic acids is 1. The van der Waals surface area contributed by atoms with Crippen molar-refractivity contribution in [3.8, 4) is 0 Å². The lowest BCUT2D eigenvalue weighted by atomic mass is 10.1. The number of rotatable bonds is 5. The standard InChI is InChI=1S/C13H24N2O3S/c1-9(2)5-14(6-10(3)4)13(18)15-8-19-7-11(15)12(16)17/h9-11H,5-8H2,1-4H3,(H,16,17)/t11-/m0/s1. The second-order valence-electron chi connectivity index (χ2n) is 5.80. The molecule has 0 aromatic carbocycles. The van der Waals surface area contributed by atoms with Crippen LogP contribution in [0.3, 0.4) is 0 Å². The molecule has 1 saturated heterocycles. The summed E-state index contributed by atoms with van der Waals surface area (Å²) in [7, 11) is 0. The van der Waals surface area contributed by atoms with Crippen LogP contribution in [0.4, 0.5) is 4.79 Å². The van der Waals surface area contributed by atoms with E-state index in [1.165, 1.54) is 16.7 Å². The maximum atomic E-state index is 12.5. The van der Waals surface area contributed by atoms with Crippen LogP contribution in [0.25, 0.3) is 0 Å². The summed E-state index contributed by atoms with van der Waals surface area (Å²) < 4.78 is 0. The van der Waals surface area contributed by atoms with Crippen molar-refractivity contribution in [1.29, 1.82) is 0 Å². The van der Waals surface area contributed by atoms with E-state index in [4.69, 9.17) is 5.11 Å². The number of carboxylic acid groups (broad SMARTS) is 1. The average Bonchev–Trinajstić information content (AvgIpc) is 2.74. The fourth-order valence-corrected chi connectivity index (χ4v) is 3.27. The van der Waals surface area contributed by atoms with Gasteiger partial charge in [0, 0.05) is 18.8 Å². The van der Waals surface area contributed by atoms with Gasteiger partial charge in [0.15, 0.2) is 0 Å². The van der Waals surface area contributed by atoms with Gasteiger partial charge in [-0.15, -0.1) is 11.8 Å². The molecule has 19 heavy (non-hydrogen) atoms. The predicted molar refractivity (Wildman–Crippen MR) is 77.2 cm³/mol. The van der Waals surface area contributed by atoms with E-state index in [0.29, 0.717) is 36.6 Å². The molecule has 6 heteroatoms. The van der Waals surface area contributed by atoms with Crippen LogP contribution in [0.2, 0.25) is 0 Å². The molecule has 1 rings (SSSR count). The van der Waals surface area contributed by atoms with E-state index in [1.807, 2.05) is 0 Å². The molecule has 1 heterocycles. The zero-order valence-corrected chi connectivity index (χ0v) is 12.9. The summed E-state index contributed by atoms with van der Waals surface area (Å²) in [5.41, 5.74) is 0. The van der Waals surface area contributed by atoms with Gasteiger partial charge in [0.1, 0.15) is 6.04 Å². The first-order valence-electron chi connectivity index (χ1n) is 6.69. The van der Waals surface area contributed by atoms with E-state index in [1.54, 1.807) is 4.90 Å². The smallest absolute Gasteiger partial charge is 0.327 e. The Morgan fingerprint density at radius 3 is 2.21 bits per heavy atom. The molecular weight excluding hydrogens is 264 g/mol. The normalized spacial score (nSPS) is 19.3. The Balaban J connectivity index is 2.77. The molecule has 2 amide bonds. The molecule has 0 saturated carbocycles. The molecule has 1 aliphatic rings. The van der Waals surface area contributed by atoms with E-state index in [-0.39, 0.29) is 6.03 Å². The van der Waals surface area contributed by atoms with Crippen molar-refractivity contribution >= 4 is 23.8 Å². The van der Waals surface area contributed by atoms with E-state index in [9.17, 15) is 9.59 Å². The molecule has 1 fully saturated rings. The van der Waals surface area contributed by atoms with Crippen molar-refractivity contribution < 1.29 is 14.7 Å². The van der Waals surface area contributed by atoms with Crippen LogP contribution < -0.4 is 0 Å². The molecule has 0 aliphatic carbocycles. The number of hydrogen-bond donors (Lipinski definition) is 1. The third kappa shape index (κ3) is 4.60. The van der Waals surface area contributed by atoms with E-state index < -0.39 is 12.0 Å². The lowest BCUT2D eigenvalue weighted by molar-refractivity contribution is -0.140. The third-order valence-electron chi connectivity index (χ3n) is 2.85. The van der Waals surface area contributed by atoms with Crippen LogP contribution in [0.5, 0.6) is 0 Å². The first-order chi connectivity index (χ1) is 8.82. The summed E-state index contributed by atoms with van der Waals surface area (Å²) in [6, 6.07) is -0.820. The summed E-state index contributed by atoms with van der Waals surface area (Å²) in [4.78, 5) is 26.9. The lowest BCUT2D eigenvalue weighted by Gasteiger charge is -2.32. The number of carbonyl (C=O) groups excluding carboxylic acids is 1. The number of aliphatic carboxylic acids is 1. The molecule has 0 spiro atoms. The Kier molecular flexibility index (Phi) is 5.97. The Bertz CT molecular complexity index is 324. The molecule has 0 bridgehead atoms. The molecule has 0 aromatic rings. The van der Waals surface area contributed by atoms with Crippen LogP contribution in [-0.4, -0.2) is 57.7 Å². The Hall–Kier alpha value is -0.910. The highest BCUT2D eigenvalue weighted by Gasteiger charge is 2.36. The second kappa shape index (κ2) is 7.03. The number of amides is 2. The number of carbonyl (C=O) groups is 2. The summed E-state index contributed by atoms with van der Waals surface area (Å²) in [6.45, 7) is 9.60. The minimum atomic E-state index is -0.910. The van der Waals surface area contributed by atoms with Crippen molar-refractivity contribution in [3.63, 3.8) is 0 Å². The monoisotopic (exact) mass is 288 g/mol. The van der Waals surface area contributed by atoms with E-state index >= 15 is 0 Å². The van der Waals surface area contributed by atoms with E-state index in [0.717, 1.165) is 0 Å². The Morgan fingerprint density at radius 2 is 1.79 bits per heavy atom. The zero-order valence-electron chi connectivity index (χ0n) is 12.1. The number of hydrogen-bond acceptors (Lipinski definition) is 3. The van der Waals surface area contributed by atoms with Gasteiger partial charge in [-0.3, -0.25) is 0 Å². The molecule has 110 valence electrons. The van der Waals surface area contributed by atoms with Crippen molar-refractivity contribution in [2.45, 2.75) is 33.7 Å². The Labute approximate surface area is 119 Å². The molecule has 0 radical (unpaired) electrons. The quantitative estimate of drug-likeness (QED) is 0.842. The molecule has 1 N–H and O–H groups in total. The van der Waals surface area contributed by atoms with Gasteiger partial charge in [0.25, 0.3) is 0 Å². The SMILES string of the molecule is CC(C)CN(CC(C)C)C(=O)N1CSC[C@H]1C(=O)O. The van der Waals surface area contributed by atoms with Crippen molar-refractivity contribution in [1.82, 2.24) is 9.80 Å². The molecule has 5 nitrogen and oxygen atoms in total.